The predicted molar refractivity (Wildman–Crippen MR) is 142 cm³/mol. The number of anilines is 1. The third-order valence-corrected chi connectivity index (χ3v) is 6.35. The minimum absolute atomic E-state index is 0.0509. The van der Waals surface area contributed by atoms with Gasteiger partial charge in [0.05, 0.1) is 17.1 Å². The smallest absolute Gasteiger partial charge is 0.318 e. The molecule has 6 rings (SSSR count). The van der Waals surface area contributed by atoms with Crippen LogP contribution in [0.2, 0.25) is 0 Å². The molecular formula is C28H28FN5O3. The molecule has 3 aromatic carbocycles. The lowest BCUT2D eigenvalue weighted by Crippen LogP contribution is -2.19. The summed E-state index contributed by atoms with van der Waals surface area (Å²) in [4.78, 5) is 20.5. The monoisotopic (exact) mass is 501 g/mol. The molecule has 2 aliphatic heterocycles. The summed E-state index contributed by atoms with van der Waals surface area (Å²) < 4.78 is 19.7. The van der Waals surface area contributed by atoms with E-state index >= 15 is 0 Å². The average Bonchev–Trinajstić information content (AvgIpc) is 3.40. The highest BCUT2D eigenvalue weighted by Gasteiger charge is 2.20. The van der Waals surface area contributed by atoms with E-state index in [2.05, 4.69) is 20.2 Å². The number of hydrogen-bond acceptors (Lipinski definition) is 5. The van der Waals surface area contributed by atoms with Crippen LogP contribution in [0.5, 0.6) is 5.75 Å². The normalized spacial score (nSPS) is 17.8. The number of nitrogens with zero attached hydrogens (tertiary/aromatic N) is 2. The van der Waals surface area contributed by atoms with E-state index < -0.39 is 6.03 Å². The molecule has 4 aromatic rings. The molecule has 2 amide bonds. The number of aromatic nitrogens is 2. The Morgan fingerprint density at radius 3 is 2.78 bits per heavy atom. The van der Waals surface area contributed by atoms with Gasteiger partial charge in [0, 0.05) is 24.7 Å². The fourth-order valence-electron chi connectivity index (χ4n) is 4.57. The van der Waals surface area contributed by atoms with Gasteiger partial charge in [0.2, 0.25) is 5.95 Å². The van der Waals surface area contributed by atoms with Crippen LogP contribution in [-0.4, -0.2) is 52.2 Å². The summed E-state index contributed by atoms with van der Waals surface area (Å²) in [5, 5.41) is 11.3. The van der Waals surface area contributed by atoms with Gasteiger partial charge in [-0.1, -0.05) is 30.3 Å². The number of aliphatic hydroxyl groups is 1. The maximum atomic E-state index is 13.8. The molecule has 37 heavy (non-hydrogen) atoms. The van der Waals surface area contributed by atoms with Gasteiger partial charge in [-0.25, -0.2) is 14.2 Å². The van der Waals surface area contributed by atoms with Crippen molar-refractivity contribution in [3.63, 3.8) is 0 Å². The summed E-state index contributed by atoms with van der Waals surface area (Å²) in [6, 6.07) is 17.6. The van der Waals surface area contributed by atoms with Crippen molar-refractivity contribution in [2.45, 2.75) is 19.1 Å². The van der Waals surface area contributed by atoms with E-state index in [9.17, 15) is 9.18 Å². The number of imidazole rings is 1. The summed E-state index contributed by atoms with van der Waals surface area (Å²) in [6.45, 7) is 2.28. The molecule has 1 fully saturated rings. The first-order valence-electron chi connectivity index (χ1n) is 12.0. The van der Waals surface area contributed by atoms with Gasteiger partial charge in [0.15, 0.2) is 0 Å². The number of urea groups is 1. The van der Waals surface area contributed by atoms with Gasteiger partial charge in [-0.3, -0.25) is 5.32 Å². The zero-order valence-corrected chi connectivity index (χ0v) is 20.4. The molecule has 0 saturated carbocycles. The topological polar surface area (TPSA) is 116 Å². The van der Waals surface area contributed by atoms with Gasteiger partial charge in [-0.05, 0) is 66.1 Å². The molecule has 8 nitrogen and oxygen atoms in total. The number of carbonyl (C=O) groups excluding carboxylic acids is 1. The van der Waals surface area contributed by atoms with E-state index in [0.29, 0.717) is 17.9 Å². The number of likely N-dealkylation sites (tertiary alicyclic amines) is 1. The fraction of sp³-hybridized carbons (Fsp3) is 0.214. The Balaban J connectivity index is 0.000000348. The molecule has 1 saturated heterocycles. The van der Waals surface area contributed by atoms with Crippen molar-refractivity contribution >= 4 is 34.7 Å². The van der Waals surface area contributed by atoms with Gasteiger partial charge in [-0.15, -0.1) is 0 Å². The predicted octanol–water partition coefficient (Wildman–Crippen LogP) is 4.36. The van der Waals surface area contributed by atoms with Crippen molar-refractivity contribution in [2.75, 3.05) is 25.5 Å². The maximum absolute atomic E-state index is 13.8. The van der Waals surface area contributed by atoms with Crippen LogP contribution >= 0.6 is 0 Å². The third kappa shape index (κ3) is 5.63. The number of halogens is 1. The van der Waals surface area contributed by atoms with E-state index in [0.717, 1.165) is 52.9 Å². The number of rotatable bonds is 2. The fourth-order valence-corrected chi connectivity index (χ4v) is 4.57. The Bertz CT molecular complexity index is 1470. The van der Waals surface area contributed by atoms with Gasteiger partial charge < -0.3 is 25.5 Å². The van der Waals surface area contributed by atoms with Crippen LogP contribution < -0.4 is 15.8 Å². The Kier molecular flexibility index (Phi) is 6.89. The number of amides is 2. The first-order chi connectivity index (χ1) is 17.9. The number of aliphatic hydroxyl groups excluding tert-OH is 1. The number of β-amino-alcohol motifs (C(OH)–C–C–N with tert-alkyl or cyclic N) is 1. The minimum atomic E-state index is -0.685. The number of carbonyl (C=O) groups is 1. The van der Waals surface area contributed by atoms with Crippen molar-refractivity contribution in [1.82, 2.24) is 14.9 Å². The lowest BCUT2D eigenvalue weighted by Gasteiger charge is -2.11. The van der Waals surface area contributed by atoms with Gasteiger partial charge >= 0.3 is 6.03 Å². The zero-order chi connectivity index (χ0) is 25.9. The molecule has 2 aliphatic rings. The number of hydrogen-bond donors (Lipinski definition) is 4. The maximum Gasteiger partial charge on any atom is 0.318 e. The Hall–Kier alpha value is -4.21. The van der Waals surface area contributed by atoms with Gasteiger partial charge in [0.1, 0.15) is 18.2 Å². The molecule has 1 atom stereocenters. The van der Waals surface area contributed by atoms with Crippen LogP contribution in [0.3, 0.4) is 0 Å². The number of H-pyrrole nitrogens is 1. The van der Waals surface area contributed by atoms with Crippen molar-refractivity contribution in [2.24, 2.45) is 5.73 Å². The van der Waals surface area contributed by atoms with Crippen LogP contribution in [0.4, 0.5) is 15.1 Å². The largest absolute Gasteiger partial charge is 0.488 e. The summed E-state index contributed by atoms with van der Waals surface area (Å²) in [7, 11) is 2.02. The van der Waals surface area contributed by atoms with E-state index in [-0.39, 0.29) is 17.9 Å². The van der Waals surface area contributed by atoms with Crippen molar-refractivity contribution in [1.29, 1.82) is 0 Å². The van der Waals surface area contributed by atoms with E-state index in [1.807, 2.05) is 55.6 Å². The van der Waals surface area contributed by atoms with E-state index in [4.69, 9.17) is 15.6 Å². The molecule has 0 aliphatic carbocycles. The Morgan fingerprint density at radius 2 is 2.05 bits per heavy atom. The number of fused-ring (bicyclic) bond motifs is 3. The van der Waals surface area contributed by atoms with Crippen LogP contribution in [0.1, 0.15) is 28.7 Å². The summed E-state index contributed by atoms with van der Waals surface area (Å²) in [5.74, 6) is 0.455. The molecule has 190 valence electrons. The van der Waals surface area contributed by atoms with E-state index in [1.54, 1.807) is 6.07 Å². The molecule has 1 aromatic heterocycles. The molecule has 9 heteroatoms. The highest BCUT2D eigenvalue weighted by molar-refractivity contribution is 5.96. The Labute approximate surface area is 213 Å². The standard InChI is InChI=1S/C23H17FN4O2.C5H11NO/c24-15-6-7-17-18(16-4-2-1-3-14(16)12-30-21(17)11-15)9-13-5-8-19-20(10-13)27-23(26-19)28-22(25)29;1-6-3-2-5(7)4-6/h1-11H,12H2,(H4,25,26,27,28,29);5,7H,2-4H2,1H3/b18-9+;. The summed E-state index contributed by atoms with van der Waals surface area (Å²) in [5.41, 5.74) is 11.3. The lowest BCUT2D eigenvalue weighted by molar-refractivity contribution is 0.182. The zero-order valence-electron chi connectivity index (χ0n) is 20.4. The number of likely N-dealkylation sites (N-methyl/N-ethyl adjacent to an activating group) is 1. The van der Waals surface area contributed by atoms with Gasteiger partial charge in [0.25, 0.3) is 0 Å². The lowest BCUT2D eigenvalue weighted by atomic mass is 9.92. The van der Waals surface area contributed by atoms with Crippen molar-refractivity contribution in [3.8, 4) is 5.75 Å². The molecule has 1 unspecified atom stereocenters. The van der Waals surface area contributed by atoms with Crippen LogP contribution in [0.25, 0.3) is 22.7 Å². The first kappa shape index (κ1) is 24.5. The molecule has 0 bridgehead atoms. The molecule has 0 spiro atoms. The number of nitrogens with two attached hydrogens (primary N) is 1. The third-order valence-electron chi connectivity index (χ3n) is 6.35. The second-order valence-corrected chi connectivity index (χ2v) is 9.20. The highest BCUT2D eigenvalue weighted by atomic mass is 19.1. The molecule has 3 heterocycles. The number of nitrogens with one attached hydrogen (secondary N) is 2. The number of primary amides is 1. The minimum Gasteiger partial charge on any atom is -0.488 e. The number of benzene rings is 3. The SMILES string of the molecule is CN1CCC(O)C1.NC(=O)Nc1nc2ccc(/C=C3\c4ccccc4COc4cc(F)ccc43)cc2[nH]1. The van der Waals surface area contributed by atoms with Crippen molar-refractivity contribution < 1.29 is 19.0 Å². The summed E-state index contributed by atoms with van der Waals surface area (Å²) >= 11 is 0. The summed E-state index contributed by atoms with van der Waals surface area (Å²) in [6.07, 6.45) is 2.94. The molecular weight excluding hydrogens is 473 g/mol. The quantitative estimate of drug-likeness (QED) is 0.326. The van der Waals surface area contributed by atoms with Crippen LogP contribution in [0, 0.1) is 5.82 Å². The van der Waals surface area contributed by atoms with Crippen LogP contribution in [-0.2, 0) is 6.61 Å². The average molecular weight is 502 g/mol. The first-order valence-corrected chi connectivity index (χ1v) is 12.0. The van der Waals surface area contributed by atoms with Gasteiger partial charge in [-0.2, -0.15) is 0 Å². The number of ether oxygens (including phenoxy) is 1. The second kappa shape index (κ2) is 10.4. The van der Waals surface area contributed by atoms with Crippen LogP contribution in [0.15, 0.2) is 60.7 Å². The van der Waals surface area contributed by atoms with E-state index in [1.165, 1.54) is 12.1 Å². The highest BCUT2D eigenvalue weighted by Crippen LogP contribution is 2.38. The molecule has 5 N–H and O–H groups in total. The second-order valence-electron chi connectivity index (χ2n) is 9.20. The Morgan fingerprint density at radius 1 is 1.22 bits per heavy atom. The number of aromatic amines is 1. The van der Waals surface area contributed by atoms with Crippen molar-refractivity contribution in [3.05, 3.63) is 88.7 Å². The molecule has 0 radical (unpaired) electrons.